The van der Waals surface area contributed by atoms with Gasteiger partial charge in [-0.3, -0.25) is 9.59 Å². The van der Waals surface area contributed by atoms with Gasteiger partial charge in [0, 0.05) is 22.7 Å². The van der Waals surface area contributed by atoms with Gasteiger partial charge in [0.15, 0.2) is 11.5 Å². The fourth-order valence-electron chi connectivity index (χ4n) is 2.54. The first-order valence-electron chi connectivity index (χ1n) is 7.98. The van der Waals surface area contributed by atoms with Gasteiger partial charge in [0.25, 0.3) is 0 Å². The lowest BCUT2D eigenvalue weighted by atomic mass is 10.1. The van der Waals surface area contributed by atoms with Crippen LogP contribution < -0.4 is 4.72 Å². The highest BCUT2D eigenvalue weighted by Gasteiger charge is 2.24. The summed E-state index contributed by atoms with van der Waals surface area (Å²) < 4.78 is 57.6. The molecule has 28 heavy (non-hydrogen) atoms. The van der Waals surface area contributed by atoms with Crippen LogP contribution in [0.3, 0.4) is 0 Å². The van der Waals surface area contributed by atoms with E-state index in [1.165, 1.54) is 6.20 Å². The molecule has 2 aromatic carbocycles. The lowest BCUT2D eigenvalue weighted by Gasteiger charge is -2.08. The number of hydrogen-bond donors (Lipinski definition) is 2. The fourth-order valence-corrected chi connectivity index (χ4v) is 3.64. The largest absolute Gasteiger partial charge is 0.456 e. The van der Waals surface area contributed by atoms with Crippen molar-refractivity contribution in [3.05, 3.63) is 65.9 Å². The van der Waals surface area contributed by atoms with E-state index in [0.29, 0.717) is 10.9 Å². The van der Waals surface area contributed by atoms with E-state index in [1.54, 1.807) is 29.0 Å². The highest BCUT2D eigenvalue weighted by molar-refractivity contribution is 7.89. The molecule has 2 N–H and O–H groups in total. The van der Waals surface area contributed by atoms with Crippen molar-refractivity contribution in [2.45, 2.75) is 4.90 Å². The van der Waals surface area contributed by atoms with Gasteiger partial charge in [0.1, 0.15) is 18.2 Å². The second kappa shape index (κ2) is 7.87. The van der Waals surface area contributed by atoms with E-state index in [9.17, 15) is 26.8 Å². The fraction of sp³-hybridized carbons (Fsp3) is 0.111. The Kier molecular flexibility index (Phi) is 5.52. The van der Waals surface area contributed by atoms with Crippen molar-refractivity contribution in [2.75, 3.05) is 13.2 Å². The number of halogens is 2. The molecule has 0 radical (unpaired) electrons. The maximum Gasteiger partial charge on any atom is 0.321 e. The molecule has 0 aliphatic carbocycles. The molecular weight excluding hydrogens is 394 g/mol. The minimum absolute atomic E-state index is 0.317. The lowest BCUT2D eigenvalue weighted by Crippen LogP contribution is -2.32. The van der Waals surface area contributed by atoms with E-state index in [0.717, 1.165) is 23.7 Å². The number of fused-ring (bicyclic) bond motifs is 1. The number of carbonyl (C=O) groups is 2. The molecule has 0 saturated heterocycles. The number of H-pyrrole nitrogens is 1. The van der Waals surface area contributed by atoms with Crippen molar-refractivity contribution in [3.8, 4) is 0 Å². The number of aromatic nitrogens is 1. The molecule has 0 saturated carbocycles. The van der Waals surface area contributed by atoms with Crippen molar-refractivity contribution in [2.24, 2.45) is 0 Å². The molecule has 3 rings (SSSR count). The summed E-state index contributed by atoms with van der Waals surface area (Å²) in [5.41, 5.74) is 1.05. The zero-order valence-corrected chi connectivity index (χ0v) is 15.1. The van der Waals surface area contributed by atoms with E-state index in [1.807, 2.05) is 0 Å². The Bertz CT molecular complexity index is 1140. The van der Waals surface area contributed by atoms with Crippen molar-refractivity contribution in [3.63, 3.8) is 0 Å². The number of benzene rings is 2. The van der Waals surface area contributed by atoms with Crippen LogP contribution in [-0.4, -0.2) is 38.3 Å². The molecule has 0 amide bonds. The number of Topliss-reactive ketones (excluding diaryl/α,β-unsaturated/α-hetero) is 1. The monoisotopic (exact) mass is 408 g/mol. The molecule has 3 aromatic rings. The molecule has 0 atom stereocenters. The van der Waals surface area contributed by atoms with Crippen LogP contribution in [0, 0.1) is 11.6 Å². The van der Waals surface area contributed by atoms with E-state index in [-0.39, 0.29) is 0 Å². The standard InChI is InChI=1S/C18H14F2N2O5S/c19-13-5-3-6-14(20)18(13)28(25,26)22-9-17(24)27-10-16(23)12-8-21-15-7-2-1-4-11(12)15/h1-8,21-22H,9-10H2. The normalized spacial score (nSPS) is 11.5. The van der Waals surface area contributed by atoms with Gasteiger partial charge < -0.3 is 9.72 Å². The third-order valence-corrected chi connectivity index (χ3v) is 5.30. The quantitative estimate of drug-likeness (QED) is 0.460. The maximum absolute atomic E-state index is 13.6. The number of aromatic amines is 1. The molecule has 1 heterocycles. The second-order valence-corrected chi connectivity index (χ2v) is 7.41. The Morgan fingerprint density at radius 2 is 1.71 bits per heavy atom. The van der Waals surface area contributed by atoms with E-state index < -0.39 is 51.5 Å². The van der Waals surface area contributed by atoms with Crippen LogP contribution in [0.4, 0.5) is 8.78 Å². The smallest absolute Gasteiger partial charge is 0.321 e. The van der Waals surface area contributed by atoms with Crippen LogP contribution >= 0.6 is 0 Å². The Labute approximate surface area is 158 Å². The summed E-state index contributed by atoms with van der Waals surface area (Å²) in [6, 6.07) is 9.58. The Balaban J connectivity index is 1.59. The number of ketones is 1. The van der Waals surface area contributed by atoms with Crippen LogP contribution in [-0.2, 0) is 19.6 Å². The van der Waals surface area contributed by atoms with Crippen molar-refractivity contribution in [1.29, 1.82) is 0 Å². The van der Waals surface area contributed by atoms with Gasteiger partial charge in [-0.1, -0.05) is 24.3 Å². The van der Waals surface area contributed by atoms with Gasteiger partial charge >= 0.3 is 5.97 Å². The first kappa shape index (κ1) is 19.6. The molecule has 7 nitrogen and oxygen atoms in total. The Morgan fingerprint density at radius 1 is 1.04 bits per heavy atom. The van der Waals surface area contributed by atoms with Crippen LogP contribution in [0.15, 0.2) is 53.6 Å². The molecule has 0 unspecified atom stereocenters. The molecule has 0 spiro atoms. The first-order valence-corrected chi connectivity index (χ1v) is 9.46. The van der Waals surface area contributed by atoms with E-state index in [2.05, 4.69) is 4.98 Å². The SMILES string of the molecule is O=C(CNS(=O)(=O)c1c(F)cccc1F)OCC(=O)c1c[nH]c2ccccc12. The van der Waals surface area contributed by atoms with Gasteiger partial charge in [-0.15, -0.1) is 0 Å². The average Bonchev–Trinajstić information content (AvgIpc) is 3.08. The summed E-state index contributed by atoms with van der Waals surface area (Å²) in [6.07, 6.45) is 1.48. The molecule has 0 bridgehead atoms. The number of hydrogen-bond acceptors (Lipinski definition) is 5. The summed E-state index contributed by atoms with van der Waals surface area (Å²) in [6.45, 7) is -1.51. The molecule has 0 aliphatic rings. The number of rotatable bonds is 7. The summed E-state index contributed by atoms with van der Waals surface area (Å²) in [5.74, 6) is -4.16. The zero-order valence-electron chi connectivity index (χ0n) is 14.2. The van der Waals surface area contributed by atoms with Crippen molar-refractivity contribution >= 4 is 32.7 Å². The summed E-state index contributed by atoms with van der Waals surface area (Å²) in [5, 5.41) is 0.652. The topological polar surface area (TPSA) is 105 Å². The highest BCUT2D eigenvalue weighted by Crippen LogP contribution is 2.19. The van der Waals surface area contributed by atoms with E-state index in [4.69, 9.17) is 4.74 Å². The van der Waals surface area contributed by atoms with Gasteiger partial charge in [0.2, 0.25) is 15.8 Å². The first-order chi connectivity index (χ1) is 13.3. The predicted molar refractivity (Wildman–Crippen MR) is 95.1 cm³/mol. The van der Waals surface area contributed by atoms with Gasteiger partial charge in [-0.25, -0.2) is 17.2 Å². The summed E-state index contributed by atoms with van der Waals surface area (Å²) >= 11 is 0. The molecule has 1 aromatic heterocycles. The number of nitrogens with one attached hydrogen (secondary N) is 2. The predicted octanol–water partition coefficient (Wildman–Crippen LogP) is 2.15. The minimum atomic E-state index is -4.62. The van der Waals surface area contributed by atoms with Crippen LogP contribution in [0.2, 0.25) is 0 Å². The third-order valence-electron chi connectivity index (χ3n) is 3.85. The van der Waals surface area contributed by atoms with Crippen molar-refractivity contribution in [1.82, 2.24) is 9.71 Å². The molecule has 0 fully saturated rings. The highest BCUT2D eigenvalue weighted by atomic mass is 32.2. The number of esters is 1. The average molecular weight is 408 g/mol. The summed E-state index contributed by atoms with van der Waals surface area (Å²) in [4.78, 5) is 25.6. The van der Waals surface area contributed by atoms with Crippen LogP contribution in [0.25, 0.3) is 10.9 Å². The third kappa shape index (κ3) is 4.07. The number of para-hydroxylation sites is 1. The lowest BCUT2D eigenvalue weighted by molar-refractivity contribution is -0.141. The molecule has 146 valence electrons. The Hall–Kier alpha value is -3.11. The minimum Gasteiger partial charge on any atom is -0.456 e. The van der Waals surface area contributed by atoms with Gasteiger partial charge in [-0.05, 0) is 18.2 Å². The molecule has 0 aliphatic heterocycles. The van der Waals surface area contributed by atoms with Gasteiger partial charge in [-0.2, -0.15) is 4.72 Å². The van der Waals surface area contributed by atoms with E-state index >= 15 is 0 Å². The second-order valence-electron chi connectivity index (χ2n) is 5.71. The number of sulfonamides is 1. The van der Waals surface area contributed by atoms with Crippen LogP contribution in [0.5, 0.6) is 0 Å². The van der Waals surface area contributed by atoms with Gasteiger partial charge in [0.05, 0.1) is 0 Å². The number of ether oxygens (including phenoxy) is 1. The number of carbonyl (C=O) groups excluding carboxylic acids is 2. The summed E-state index contributed by atoms with van der Waals surface area (Å²) in [7, 11) is -4.62. The van der Waals surface area contributed by atoms with Crippen LogP contribution in [0.1, 0.15) is 10.4 Å². The zero-order chi connectivity index (χ0) is 20.3. The molecule has 10 heteroatoms. The van der Waals surface area contributed by atoms with Crippen molar-refractivity contribution < 1.29 is 31.5 Å². The molecular formula is C18H14F2N2O5S. The Morgan fingerprint density at radius 3 is 2.43 bits per heavy atom. The maximum atomic E-state index is 13.6.